The zero-order chi connectivity index (χ0) is 39.5. The number of benzene rings is 9. The molecule has 1 heterocycles. The number of nitrogens with zero attached hydrogens (tertiary/aromatic N) is 2. The molecule has 0 unspecified atom stereocenters. The molecule has 9 aromatic carbocycles. The standard InChI is InChI=1S/C56H39FN2/c1-56(52-19-8-5-16-48(52)49-17-6-9-20-53(49)56)42-12-11-15-47(37-42)58(45-31-24-39(25-32-45)38-22-29-43(57)30-23-38)46-33-26-40(27-34-46)41-28-35-55-51(36-41)50-18-7-10-21-54(50)59(55)44-13-3-2-4-14-44/h2-37H,1H3. The minimum atomic E-state index is -0.326. The SMILES string of the molecule is CC1(c2cccc(N(c3ccc(-c4ccc(F)cc4)cc3)c3ccc(-c4ccc5c(c4)c4ccccc4n5-c4ccccc4)cc3)c2)c2ccccc2-c2ccccc21. The van der Waals surface area contributed by atoms with Crippen molar-refractivity contribution in [1.82, 2.24) is 4.57 Å². The second-order valence-electron chi connectivity index (χ2n) is 15.6. The summed E-state index contributed by atoms with van der Waals surface area (Å²) in [4.78, 5) is 2.34. The third kappa shape index (κ3) is 5.69. The van der Waals surface area contributed by atoms with E-state index in [0.29, 0.717) is 0 Å². The van der Waals surface area contributed by atoms with E-state index >= 15 is 0 Å². The Bertz CT molecular complexity index is 3120. The van der Waals surface area contributed by atoms with Crippen molar-refractivity contribution >= 4 is 38.9 Å². The van der Waals surface area contributed by atoms with Crippen molar-refractivity contribution in [2.24, 2.45) is 0 Å². The number of aromatic nitrogens is 1. The molecule has 1 aromatic heterocycles. The predicted octanol–water partition coefficient (Wildman–Crippen LogP) is 15.1. The van der Waals surface area contributed by atoms with Gasteiger partial charge >= 0.3 is 0 Å². The number of hydrogen-bond acceptors (Lipinski definition) is 1. The summed E-state index contributed by atoms with van der Waals surface area (Å²) in [6.07, 6.45) is 0. The minimum absolute atomic E-state index is 0.236. The molecule has 0 atom stereocenters. The summed E-state index contributed by atoms with van der Waals surface area (Å²) in [5, 5.41) is 2.47. The summed E-state index contributed by atoms with van der Waals surface area (Å²) >= 11 is 0. The molecule has 1 aliphatic carbocycles. The van der Waals surface area contributed by atoms with Crippen LogP contribution in [0, 0.1) is 5.82 Å². The Labute approximate surface area is 343 Å². The highest BCUT2D eigenvalue weighted by molar-refractivity contribution is 6.10. The van der Waals surface area contributed by atoms with Crippen LogP contribution in [0.2, 0.25) is 0 Å². The van der Waals surface area contributed by atoms with E-state index in [1.165, 1.54) is 67.3 Å². The Hall–Kier alpha value is -7.49. The molecule has 2 nitrogen and oxygen atoms in total. The minimum Gasteiger partial charge on any atom is -0.310 e. The molecule has 0 bridgehead atoms. The molecule has 0 saturated carbocycles. The van der Waals surface area contributed by atoms with Gasteiger partial charge in [-0.25, -0.2) is 4.39 Å². The van der Waals surface area contributed by atoms with Gasteiger partial charge in [-0.05, 0) is 136 Å². The molecule has 0 amide bonds. The van der Waals surface area contributed by atoms with Gasteiger partial charge in [0.2, 0.25) is 0 Å². The van der Waals surface area contributed by atoms with Gasteiger partial charge < -0.3 is 9.47 Å². The highest BCUT2D eigenvalue weighted by Crippen LogP contribution is 2.53. The van der Waals surface area contributed by atoms with Gasteiger partial charge in [-0.1, -0.05) is 140 Å². The van der Waals surface area contributed by atoms with Crippen molar-refractivity contribution in [3.63, 3.8) is 0 Å². The first kappa shape index (κ1) is 34.7. The van der Waals surface area contributed by atoms with Crippen LogP contribution < -0.4 is 4.90 Å². The van der Waals surface area contributed by atoms with Gasteiger partial charge in [-0.3, -0.25) is 0 Å². The van der Waals surface area contributed by atoms with E-state index in [4.69, 9.17) is 0 Å². The van der Waals surface area contributed by atoms with Crippen LogP contribution in [0.1, 0.15) is 23.6 Å². The second kappa shape index (κ2) is 13.9. The van der Waals surface area contributed by atoms with Gasteiger partial charge in [0.15, 0.2) is 0 Å². The third-order valence-electron chi connectivity index (χ3n) is 12.4. The molecular formula is C56H39FN2. The van der Waals surface area contributed by atoms with Gasteiger partial charge in [-0.2, -0.15) is 0 Å². The summed E-state index contributed by atoms with van der Waals surface area (Å²) in [5.41, 5.74) is 17.2. The molecule has 0 N–H and O–H groups in total. The van der Waals surface area contributed by atoms with Crippen LogP contribution in [0.4, 0.5) is 21.5 Å². The average molecular weight is 759 g/mol. The van der Waals surface area contributed by atoms with Crippen LogP contribution in [-0.2, 0) is 5.41 Å². The van der Waals surface area contributed by atoms with Crippen LogP contribution in [0.3, 0.4) is 0 Å². The molecule has 3 heteroatoms. The van der Waals surface area contributed by atoms with E-state index in [1.807, 2.05) is 12.1 Å². The van der Waals surface area contributed by atoms with Gasteiger partial charge in [-0.15, -0.1) is 0 Å². The number of hydrogen-bond donors (Lipinski definition) is 0. The molecule has 0 saturated heterocycles. The predicted molar refractivity (Wildman–Crippen MR) is 244 cm³/mol. The lowest BCUT2D eigenvalue weighted by Gasteiger charge is -2.31. The number of anilines is 3. The molecule has 0 radical (unpaired) electrons. The average Bonchev–Trinajstić information content (AvgIpc) is 3.77. The van der Waals surface area contributed by atoms with Crippen LogP contribution in [0.15, 0.2) is 218 Å². The zero-order valence-corrected chi connectivity index (χ0v) is 32.6. The Balaban J connectivity index is 1.02. The Kier molecular flexibility index (Phi) is 8.16. The van der Waals surface area contributed by atoms with Crippen molar-refractivity contribution in [2.75, 3.05) is 4.90 Å². The lowest BCUT2D eigenvalue weighted by atomic mass is 9.74. The lowest BCUT2D eigenvalue weighted by molar-refractivity contribution is 0.628. The molecular weight excluding hydrogens is 720 g/mol. The van der Waals surface area contributed by atoms with Crippen molar-refractivity contribution in [2.45, 2.75) is 12.3 Å². The monoisotopic (exact) mass is 758 g/mol. The maximum Gasteiger partial charge on any atom is 0.123 e. The van der Waals surface area contributed by atoms with E-state index in [0.717, 1.165) is 39.4 Å². The quantitative estimate of drug-likeness (QED) is 0.157. The maximum atomic E-state index is 13.8. The summed E-state index contributed by atoms with van der Waals surface area (Å²) in [7, 11) is 0. The topological polar surface area (TPSA) is 8.17 Å². The van der Waals surface area contributed by atoms with E-state index in [9.17, 15) is 4.39 Å². The molecule has 10 aromatic rings. The van der Waals surface area contributed by atoms with Crippen LogP contribution in [0.5, 0.6) is 0 Å². The Morgan fingerprint density at radius 2 is 0.932 bits per heavy atom. The van der Waals surface area contributed by atoms with Crippen LogP contribution >= 0.6 is 0 Å². The van der Waals surface area contributed by atoms with Crippen molar-refractivity contribution < 1.29 is 4.39 Å². The number of para-hydroxylation sites is 2. The lowest BCUT2D eigenvalue weighted by Crippen LogP contribution is -2.23. The van der Waals surface area contributed by atoms with Crippen molar-refractivity contribution in [3.05, 3.63) is 241 Å². The second-order valence-corrected chi connectivity index (χ2v) is 15.6. The molecule has 0 spiro atoms. The van der Waals surface area contributed by atoms with Crippen LogP contribution in [0.25, 0.3) is 60.9 Å². The normalized spacial score (nSPS) is 12.7. The van der Waals surface area contributed by atoms with E-state index in [2.05, 4.69) is 211 Å². The van der Waals surface area contributed by atoms with Crippen molar-refractivity contribution in [3.8, 4) is 39.1 Å². The summed E-state index contributed by atoms with van der Waals surface area (Å²) in [6, 6.07) is 77.0. The fraction of sp³-hybridized carbons (Fsp3) is 0.0357. The highest BCUT2D eigenvalue weighted by atomic mass is 19.1. The van der Waals surface area contributed by atoms with Crippen molar-refractivity contribution in [1.29, 1.82) is 0 Å². The fourth-order valence-electron chi connectivity index (χ4n) is 9.42. The summed E-state index contributed by atoms with van der Waals surface area (Å²) < 4.78 is 16.2. The smallest absolute Gasteiger partial charge is 0.123 e. The zero-order valence-electron chi connectivity index (χ0n) is 32.6. The Morgan fingerprint density at radius 1 is 0.407 bits per heavy atom. The van der Waals surface area contributed by atoms with Gasteiger partial charge in [0.25, 0.3) is 0 Å². The molecule has 11 rings (SSSR count). The largest absolute Gasteiger partial charge is 0.310 e. The van der Waals surface area contributed by atoms with Gasteiger partial charge in [0.05, 0.1) is 11.0 Å². The maximum absolute atomic E-state index is 13.8. The first-order valence-electron chi connectivity index (χ1n) is 20.2. The highest BCUT2D eigenvalue weighted by Gasteiger charge is 2.40. The van der Waals surface area contributed by atoms with E-state index in [-0.39, 0.29) is 11.2 Å². The molecule has 0 fully saturated rings. The number of rotatable bonds is 7. The first-order valence-corrected chi connectivity index (χ1v) is 20.2. The Morgan fingerprint density at radius 3 is 1.59 bits per heavy atom. The number of fused-ring (bicyclic) bond motifs is 6. The van der Waals surface area contributed by atoms with E-state index < -0.39 is 0 Å². The number of halogens is 1. The van der Waals surface area contributed by atoms with E-state index in [1.54, 1.807) is 0 Å². The molecule has 1 aliphatic rings. The van der Waals surface area contributed by atoms with Gasteiger partial charge in [0, 0.05) is 38.9 Å². The van der Waals surface area contributed by atoms with Gasteiger partial charge in [0.1, 0.15) is 5.82 Å². The summed E-state index contributed by atoms with van der Waals surface area (Å²) in [6.45, 7) is 2.36. The fourth-order valence-corrected chi connectivity index (χ4v) is 9.42. The first-order chi connectivity index (χ1) is 29.0. The molecule has 280 valence electrons. The van der Waals surface area contributed by atoms with Crippen LogP contribution in [-0.4, -0.2) is 4.57 Å². The summed E-state index contributed by atoms with van der Waals surface area (Å²) in [5.74, 6) is -0.236. The third-order valence-corrected chi connectivity index (χ3v) is 12.4. The molecule has 0 aliphatic heterocycles. The molecule has 59 heavy (non-hydrogen) atoms.